The minimum Gasteiger partial charge on any atom is -0.366 e. The van der Waals surface area contributed by atoms with E-state index in [1.165, 1.54) is 154 Å². The molecule has 1 aromatic carbocycles. The molecule has 4 heteroatoms. The van der Waals surface area contributed by atoms with Crippen molar-refractivity contribution < 1.29 is 9.59 Å². The van der Waals surface area contributed by atoms with Crippen LogP contribution in [0.2, 0.25) is 0 Å². The number of amides is 2. The Morgan fingerprint density at radius 3 is 1.12 bits per heavy atom. The highest BCUT2D eigenvalue weighted by Crippen LogP contribution is 2.16. The molecule has 1 aromatic rings. The van der Waals surface area contributed by atoms with Crippen LogP contribution in [0, 0.1) is 0 Å². The van der Waals surface area contributed by atoms with Crippen LogP contribution in [0.4, 0.5) is 0 Å². The van der Waals surface area contributed by atoms with Gasteiger partial charge in [-0.15, -0.1) is 0 Å². The van der Waals surface area contributed by atoms with Gasteiger partial charge in [-0.05, 0) is 18.6 Å². The third-order valence-electron chi connectivity index (χ3n) is 8.25. The summed E-state index contributed by atoms with van der Waals surface area (Å²) in [7, 11) is 0. The maximum atomic E-state index is 12.3. The molecule has 0 saturated heterocycles. The fourth-order valence-electron chi connectivity index (χ4n) is 5.63. The molecule has 0 bridgehead atoms. The standard InChI is InChI=1S/C36H64N2O2/c1-2-3-4-5-6-7-8-9-10-11-12-13-14-15-16-17-18-19-20-21-22-23-24-25-26-29-32-38-36(40)34-31-28-27-30-33(34)35(37)39/h27-28,30-31H,2-26,29,32H2,1H3,(H2,37,39)(H,38,40). The number of nitrogens with two attached hydrogens (primary N) is 1. The topological polar surface area (TPSA) is 72.2 Å². The van der Waals surface area contributed by atoms with Gasteiger partial charge in [-0.1, -0.05) is 180 Å². The van der Waals surface area contributed by atoms with Gasteiger partial charge < -0.3 is 11.1 Å². The molecule has 0 spiro atoms. The monoisotopic (exact) mass is 556 g/mol. The lowest BCUT2D eigenvalue weighted by molar-refractivity contribution is 0.0935. The van der Waals surface area contributed by atoms with Crippen molar-refractivity contribution in [2.24, 2.45) is 5.73 Å². The molecule has 0 fully saturated rings. The van der Waals surface area contributed by atoms with Gasteiger partial charge in [-0.25, -0.2) is 0 Å². The van der Waals surface area contributed by atoms with E-state index < -0.39 is 5.91 Å². The summed E-state index contributed by atoms with van der Waals surface area (Å²) in [6.45, 7) is 2.94. The summed E-state index contributed by atoms with van der Waals surface area (Å²) in [6, 6.07) is 6.72. The van der Waals surface area contributed by atoms with Crippen molar-refractivity contribution in [1.29, 1.82) is 0 Å². The van der Waals surface area contributed by atoms with Crippen molar-refractivity contribution in [3.63, 3.8) is 0 Å². The van der Waals surface area contributed by atoms with Crippen LogP contribution >= 0.6 is 0 Å². The van der Waals surface area contributed by atoms with Crippen LogP contribution in [0.1, 0.15) is 195 Å². The van der Waals surface area contributed by atoms with Crippen LogP contribution in [0.15, 0.2) is 24.3 Å². The van der Waals surface area contributed by atoms with Gasteiger partial charge in [0.25, 0.3) is 5.91 Å². The van der Waals surface area contributed by atoms with Crippen LogP contribution in [0.25, 0.3) is 0 Å². The number of hydrogen-bond acceptors (Lipinski definition) is 2. The summed E-state index contributed by atoms with van der Waals surface area (Å²) in [6.07, 6.45) is 36.1. The van der Waals surface area contributed by atoms with E-state index >= 15 is 0 Å². The normalized spacial score (nSPS) is 11.1. The molecule has 0 aliphatic heterocycles. The van der Waals surface area contributed by atoms with E-state index in [2.05, 4.69) is 12.2 Å². The Kier molecular flexibility index (Phi) is 24.7. The molecule has 2 amide bonds. The van der Waals surface area contributed by atoms with Crippen LogP contribution in [0.3, 0.4) is 0 Å². The van der Waals surface area contributed by atoms with Gasteiger partial charge in [0.15, 0.2) is 0 Å². The first-order valence-electron chi connectivity index (χ1n) is 17.3. The third kappa shape index (κ3) is 21.0. The Hall–Kier alpha value is -1.84. The van der Waals surface area contributed by atoms with Gasteiger partial charge >= 0.3 is 0 Å². The summed E-state index contributed by atoms with van der Waals surface area (Å²) in [5.74, 6) is -0.778. The molecule has 0 heterocycles. The van der Waals surface area contributed by atoms with Crippen LogP contribution in [0.5, 0.6) is 0 Å². The van der Waals surface area contributed by atoms with Crippen LogP contribution in [-0.2, 0) is 0 Å². The highest BCUT2D eigenvalue weighted by atomic mass is 16.2. The van der Waals surface area contributed by atoms with E-state index in [4.69, 9.17) is 5.73 Å². The Morgan fingerprint density at radius 1 is 0.500 bits per heavy atom. The molecule has 0 aromatic heterocycles. The van der Waals surface area contributed by atoms with Crippen LogP contribution in [-0.4, -0.2) is 18.4 Å². The molecular weight excluding hydrogens is 492 g/mol. The number of carbonyl (C=O) groups is 2. The van der Waals surface area contributed by atoms with Crippen molar-refractivity contribution in [3.8, 4) is 0 Å². The average Bonchev–Trinajstić information content (AvgIpc) is 2.96. The summed E-state index contributed by atoms with van der Waals surface area (Å²) < 4.78 is 0. The number of unbranched alkanes of at least 4 members (excludes halogenated alkanes) is 25. The molecule has 3 N–H and O–H groups in total. The molecule has 0 atom stereocenters. The smallest absolute Gasteiger partial charge is 0.252 e. The van der Waals surface area contributed by atoms with Gasteiger partial charge in [0.1, 0.15) is 0 Å². The minimum atomic E-state index is -0.564. The Morgan fingerprint density at radius 2 is 0.800 bits per heavy atom. The second-order valence-electron chi connectivity index (χ2n) is 12.0. The van der Waals surface area contributed by atoms with Crippen LogP contribution < -0.4 is 11.1 Å². The number of nitrogens with one attached hydrogen (secondary N) is 1. The van der Waals surface area contributed by atoms with E-state index in [0.717, 1.165) is 12.8 Å². The number of benzene rings is 1. The molecule has 230 valence electrons. The van der Waals surface area contributed by atoms with E-state index in [1.807, 2.05) is 0 Å². The molecule has 0 aliphatic rings. The number of carbonyl (C=O) groups excluding carboxylic acids is 2. The highest BCUT2D eigenvalue weighted by Gasteiger charge is 2.13. The fraction of sp³-hybridized carbons (Fsp3) is 0.778. The summed E-state index contributed by atoms with van der Waals surface area (Å²) >= 11 is 0. The summed E-state index contributed by atoms with van der Waals surface area (Å²) in [5, 5.41) is 2.92. The first-order chi connectivity index (χ1) is 19.7. The Labute approximate surface area is 248 Å². The second kappa shape index (κ2) is 27.3. The number of hydrogen-bond donors (Lipinski definition) is 2. The van der Waals surface area contributed by atoms with Crippen molar-refractivity contribution in [2.45, 2.75) is 174 Å². The van der Waals surface area contributed by atoms with Crippen molar-refractivity contribution in [2.75, 3.05) is 6.54 Å². The van der Waals surface area contributed by atoms with Gasteiger partial charge in [-0.3, -0.25) is 9.59 Å². The molecular formula is C36H64N2O2. The summed E-state index contributed by atoms with van der Waals surface area (Å²) in [4.78, 5) is 23.8. The zero-order chi connectivity index (χ0) is 28.9. The van der Waals surface area contributed by atoms with E-state index in [-0.39, 0.29) is 11.5 Å². The first kappa shape index (κ1) is 36.2. The Bertz CT molecular complexity index is 733. The molecule has 0 radical (unpaired) electrons. The number of primary amides is 1. The molecule has 40 heavy (non-hydrogen) atoms. The van der Waals surface area contributed by atoms with Gasteiger partial charge in [0, 0.05) is 6.54 Å². The maximum Gasteiger partial charge on any atom is 0.252 e. The predicted octanol–water partition coefficient (Wildman–Crippen LogP) is 10.7. The predicted molar refractivity (Wildman–Crippen MR) is 173 cm³/mol. The Balaban J connectivity index is 1.74. The molecule has 0 saturated carbocycles. The second-order valence-corrected chi connectivity index (χ2v) is 12.0. The molecule has 0 aliphatic carbocycles. The lowest BCUT2D eigenvalue weighted by Crippen LogP contribution is -2.27. The maximum absolute atomic E-state index is 12.3. The van der Waals surface area contributed by atoms with Gasteiger partial charge in [0.05, 0.1) is 11.1 Å². The quantitative estimate of drug-likeness (QED) is 0.0963. The van der Waals surface area contributed by atoms with Crippen molar-refractivity contribution in [3.05, 3.63) is 35.4 Å². The largest absolute Gasteiger partial charge is 0.366 e. The molecule has 4 nitrogen and oxygen atoms in total. The molecule has 1 rings (SSSR count). The van der Waals surface area contributed by atoms with Crippen molar-refractivity contribution in [1.82, 2.24) is 5.32 Å². The van der Waals surface area contributed by atoms with Gasteiger partial charge in [0.2, 0.25) is 5.91 Å². The average molecular weight is 557 g/mol. The van der Waals surface area contributed by atoms with E-state index in [9.17, 15) is 9.59 Å². The summed E-state index contributed by atoms with van der Waals surface area (Å²) in [5.41, 5.74) is 6.01. The molecule has 0 unspecified atom stereocenters. The van der Waals surface area contributed by atoms with Crippen molar-refractivity contribution >= 4 is 11.8 Å². The lowest BCUT2D eigenvalue weighted by atomic mass is 10.0. The SMILES string of the molecule is CCCCCCCCCCCCCCCCCCCCCCCCCCCCNC(=O)c1ccccc1C(N)=O. The third-order valence-corrected chi connectivity index (χ3v) is 8.25. The minimum absolute atomic E-state index is 0.214. The highest BCUT2D eigenvalue weighted by molar-refractivity contribution is 6.06. The number of rotatable bonds is 29. The van der Waals surface area contributed by atoms with Gasteiger partial charge in [-0.2, -0.15) is 0 Å². The first-order valence-corrected chi connectivity index (χ1v) is 17.3. The van der Waals surface area contributed by atoms with E-state index in [1.54, 1.807) is 24.3 Å². The lowest BCUT2D eigenvalue weighted by Gasteiger charge is -2.08. The zero-order valence-electron chi connectivity index (χ0n) is 26.3. The zero-order valence-corrected chi connectivity index (χ0v) is 26.3. The van der Waals surface area contributed by atoms with E-state index in [0.29, 0.717) is 12.1 Å². The fourth-order valence-corrected chi connectivity index (χ4v) is 5.63.